The van der Waals surface area contributed by atoms with Gasteiger partial charge in [0.25, 0.3) is 0 Å². The number of anilines is 1. The van der Waals surface area contributed by atoms with E-state index in [0.29, 0.717) is 0 Å². The number of para-hydroxylation sites is 1. The van der Waals surface area contributed by atoms with Crippen molar-refractivity contribution in [3.05, 3.63) is 58.1 Å². The Morgan fingerprint density at radius 1 is 1.20 bits per heavy atom. The van der Waals surface area contributed by atoms with Gasteiger partial charge in [0, 0.05) is 6.07 Å². The van der Waals surface area contributed by atoms with Gasteiger partial charge >= 0.3 is 5.69 Å². The molecule has 8 heteroatoms. The molecule has 0 spiro atoms. The first-order chi connectivity index (χ1) is 9.52. The van der Waals surface area contributed by atoms with Crippen LogP contribution in [0.2, 0.25) is 0 Å². The first kappa shape index (κ1) is 13.7. The molecule has 2 aromatic carbocycles. The van der Waals surface area contributed by atoms with Crippen LogP contribution in [0.4, 0.5) is 20.2 Å². The van der Waals surface area contributed by atoms with Crippen LogP contribution in [0.1, 0.15) is 0 Å². The number of nitrogens with zero attached hydrogens (tertiary/aromatic N) is 1. The Morgan fingerprint density at radius 3 is 2.55 bits per heavy atom. The molecule has 0 aliphatic carbocycles. The van der Waals surface area contributed by atoms with Crippen molar-refractivity contribution in [3.63, 3.8) is 0 Å². The van der Waals surface area contributed by atoms with Crippen molar-refractivity contribution >= 4 is 11.4 Å². The number of nitro benzene ring substituents is 1. The molecule has 104 valence electrons. The normalized spacial score (nSPS) is 10.2. The standard InChI is InChI=1S/C12H9F2N3O3/c13-8-5-4-7(6-9(8)14)20-11-3-1-2-10(16-15)12(11)17(18)19/h1-6,16H,15H2. The molecule has 0 aliphatic rings. The Hall–Kier alpha value is -2.74. The van der Waals surface area contributed by atoms with E-state index in [1.807, 2.05) is 0 Å². The van der Waals surface area contributed by atoms with Gasteiger partial charge in [-0.3, -0.25) is 16.0 Å². The molecule has 0 unspecified atom stereocenters. The van der Waals surface area contributed by atoms with E-state index in [1.165, 1.54) is 18.2 Å². The van der Waals surface area contributed by atoms with E-state index < -0.39 is 22.2 Å². The minimum absolute atomic E-state index is 0.0371. The first-order valence-electron chi connectivity index (χ1n) is 5.40. The van der Waals surface area contributed by atoms with Gasteiger partial charge in [-0.25, -0.2) is 8.78 Å². The Labute approximate surface area is 111 Å². The van der Waals surface area contributed by atoms with Crippen molar-refractivity contribution in [2.45, 2.75) is 0 Å². The number of nitro groups is 1. The predicted molar refractivity (Wildman–Crippen MR) is 67.3 cm³/mol. The van der Waals surface area contributed by atoms with Gasteiger partial charge in [0.05, 0.1) is 4.92 Å². The van der Waals surface area contributed by atoms with Crippen LogP contribution in [0, 0.1) is 21.7 Å². The lowest BCUT2D eigenvalue weighted by Gasteiger charge is -2.09. The van der Waals surface area contributed by atoms with Crippen molar-refractivity contribution in [2.75, 3.05) is 5.43 Å². The Kier molecular flexibility index (Phi) is 3.76. The summed E-state index contributed by atoms with van der Waals surface area (Å²) < 4.78 is 31.1. The third-order valence-electron chi connectivity index (χ3n) is 2.46. The summed E-state index contributed by atoms with van der Waals surface area (Å²) in [4.78, 5) is 10.3. The van der Waals surface area contributed by atoms with Gasteiger partial charge in [-0.05, 0) is 24.3 Å². The van der Waals surface area contributed by atoms with Crippen LogP contribution in [0.5, 0.6) is 11.5 Å². The van der Waals surface area contributed by atoms with E-state index >= 15 is 0 Å². The fourth-order valence-electron chi connectivity index (χ4n) is 1.58. The molecule has 6 nitrogen and oxygen atoms in total. The highest BCUT2D eigenvalue weighted by Crippen LogP contribution is 2.37. The number of benzene rings is 2. The number of nitrogen functional groups attached to an aromatic ring is 1. The fourth-order valence-corrected chi connectivity index (χ4v) is 1.58. The van der Waals surface area contributed by atoms with Gasteiger partial charge in [0.2, 0.25) is 5.75 Å². The molecule has 3 N–H and O–H groups in total. The second kappa shape index (κ2) is 5.49. The van der Waals surface area contributed by atoms with E-state index in [-0.39, 0.29) is 17.2 Å². The number of nitrogens with two attached hydrogens (primary N) is 1. The molecular weight excluding hydrogens is 272 g/mol. The molecule has 0 heterocycles. The quantitative estimate of drug-likeness (QED) is 0.511. The van der Waals surface area contributed by atoms with Crippen LogP contribution in [0.15, 0.2) is 36.4 Å². The first-order valence-corrected chi connectivity index (χ1v) is 5.40. The molecule has 0 radical (unpaired) electrons. The van der Waals surface area contributed by atoms with Crippen LogP contribution in [0.25, 0.3) is 0 Å². The van der Waals surface area contributed by atoms with Gasteiger partial charge < -0.3 is 10.2 Å². The maximum absolute atomic E-state index is 13.1. The second-order valence-electron chi connectivity index (χ2n) is 3.73. The van der Waals surface area contributed by atoms with E-state index in [1.54, 1.807) is 0 Å². The molecular formula is C12H9F2N3O3. The minimum atomic E-state index is -1.11. The van der Waals surface area contributed by atoms with Gasteiger partial charge in [-0.1, -0.05) is 6.07 Å². The lowest BCUT2D eigenvalue weighted by molar-refractivity contribution is -0.384. The minimum Gasteiger partial charge on any atom is -0.450 e. The Bertz CT molecular complexity index is 664. The lowest BCUT2D eigenvalue weighted by atomic mass is 10.2. The van der Waals surface area contributed by atoms with Gasteiger partial charge in [-0.2, -0.15) is 0 Å². The maximum Gasteiger partial charge on any atom is 0.335 e. The zero-order valence-electron chi connectivity index (χ0n) is 9.97. The number of hydrazine groups is 1. The summed E-state index contributed by atoms with van der Waals surface area (Å²) >= 11 is 0. The van der Waals surface area contributed by atoms with Crippen molar-refractivity contribution in [3.8, 4) is 11.5 Å². The molecule has 0 bridgehead atoms. The summed E-state index contributed by atoms with van der Waals surface area (Å²) in [5.41, 5.74) is 1.80. The average Bonchev–Trinajstić information content (AvgIpc) is 2.42. The predicted octanol–water partition coefficient (Wildman–Crippen LogP) is 2.95. The highest BCUT2D eigenvalue weighted by molar-refractivity contribution is 5.68. The van der Waals surface area contributed by atoms with Crippen LogP contribution in [-0.2, 0) is 0 Å². The summed E-state index contributed by atoms with van der Waals surface area (Å²) in [7, 11) is 0. The molecule has 2 aromatic rings. The average molecular weight is 281 g/mol. The number of hydrogen-bond acceptors (Lipinski definition) is 5. The summed E-state index contributed by atoms with van der Waals surface area (Å²) in [5.74, 6) is 2.81. The molecule has 0 aliphatic heterocycles. The Balaban J connectivity index is 2.42. The SMILES string of the molecule is NNc1cccc(Oc2ccc(F)c(F)c2)c1[N+](=O)[O-]. The number of hydrogen-bond donors (Lipinski definition) is 2. The topological polar surface area (TPSA) is 90.4 Å². The molecule has 0 amide bonds. The van der Waals surface area contributed by atoms with E-state index in [4.69, 9.17) is 10.6 Å². The number of ether oxygens (including phenoxy) is 1. The number of halogens is 2. The maximum atomic E-state index is 13.1. The van der Waals surface area contributed by atoms with Crippen LogP contribution in [-0.4, -0.2) is 4.92 Å². The van der Waals surface area contributed by atoms with Crippen LogP contribution < -0.4 is 16.0 Å². The van der Waals surface area contributed by atoms with Crippen molar-refractivity contribution in [2.24, 2.45) is 5.84 Å². The largest absolute Gasteiger partial charge is 0.450 e. The summed E-state index contributed by atoms with van der Waals surface area (Å²) in [5, 5.41) is 11.0. The third kappa shape index (κ3) is 2.64. The zero-order valence-corrected chi connectivity index (χ0v) is 9.97. The monoisotopic (exact) mass is 281 g/mol. The summed E-state index contributed by atoms with van der Waals surface area (Å²) in [6.45, 7) is 0. The lowest BCUT2D eigenvalue weighted by Crippen LogP contribution is -2.09. The number of rotatable bonds is 4. The van der Waals surface area contributed by atoms with Gasteiger partial charge in [0.1, 0.15) is 11.4 Å². The van der Waals surface area contributed by atoms with E-state index in [0.717, 1.165) is 18.2 Å². The highest BCUT2D eigenvalue weighted by Gasteiger charge is 2.21. The zero-order chi connectivity index (χ0) is 14.7. The highest BCUT2D eigenvalue weighted by atomic mass is 19.2. The molecule has 2 rings (SSSR count). The van der Waals surface area contributed by atoms with Crippen LogP contribution in [0.3, 0.4) is 0 Å². The van der Waals surface area contributed by atoms with Crippen molar-refractivity contribution in [1.29, 1.82) is 0 Å². The summed E-state index contributed by atoms with van der Waals surface area (Å²) in [6.07, 6.45) is 0. The summed E-state index contributed by atoms with van der Waals surface area (Å²) in [6, 6.07) is 6.99. The van der Waals surface area contributed by atoms with Crippen LogP contribution >= 0.6 is 0 Å². The second-order valence-corrected chi connectivity index (χ2v) is 3.73. The molecule has 0 atom stereocenters. The third-order valence-corrected chi connectivity index (χ3v) is 2.46. The molecule has 20 heavy (non-hydrogen) atoms. The van der Waals surface area contributed by atoms with E-state index in [9.17, 15) is 18.9 Å². The molecule has 0 aromatic heterocycles. The smallest absolute Gasteiger partial charge is 0.335 e. The molecule has 0 saturated carbocycles. The van der Waals surface area contributed by atoms with Gasteiger partial charge in [0.15, 0.2) is 11.6 Å². The number of nitrogens with one attached hydrogen (secondary N) is 1. The Morgan fingerprint density at radius 2 is 1.95 bits per heavy atom. The van der Waals surface area contributed by atoms with Crippen molar-refractivity contribution < 1.29 is 18.4 Å². The molecule has 0 saturated heterocycles. The van der Waals surface area contributed by atoms with Crippen molar-refractivity contribution in [1.82, 2.24) is 0 Å². The fraction of sp³-hybridized carbons (Fsp3) is 0. The van der Waals surface area contributed by atoms with Gasteiger partial charge in [-0.15, -0.1) is 0 Å². The van der Waals surface area contributed by atoms with E-state index in [2.05, 4.69) is 5.43 Å². The molecule has 0 fully saturated rings.